The van der Waals surface area contributed by atoms with Gasteiger partial charge in [-0.1, -0.05) is 73.9 Å². The Morgan fingerprint density at radius 2 is 1.60 bits per heavy atom. The molecule has 2 amide bonds. The summed E-state index contributed by atoms with van der Waals surface area (Å²) in [6.45, 7) is 3.07. The van der Waals surface area contributed by atoms with Crippen molar-refractivity contribution in [2.24, 2.45) is 0 Å². The van der Waals surface area contributed by atoms with Crippen LogP contribution in [0.25, 0.3) is 0 Å². The van der Waals surface area contributed by atoms with Gasteiger partial charge in [0.1, 0.15) is 18.4 Å². The highest BCUT2D eigenvalue weighted by atomic mass is 32.2. The van der Waals surface area contributed by atoms with Gasteiger partial charge >= 0.3 is 0 Å². The smallest absolute Gasteiger partial charge is 0.244 e. The standard InChI is InChI=1S/C33H40FN3O4S/c1-24-18-19-29(20-25(24)2)37(42(3,40)41)23-32(38)36(22-27-14-10-11-17-30(27)34)31(21-26-12-6-4-7-13-26)33(39)35-28-15-8-5-9-16-28/h4,6-7,10-14,17-20,28,31H,5,8-9,15-16,21-23H2,1-3H3,(H,35,39). The van der Waals surface area contributed by atoms with Gasteiger partial charge in [-0.15, -0.1) is 0 Å². The lowest BCUT2D eigenvalue weighted by atomic mass is 9.94. The van der Waals surface area contributed by atoms with Crippen LogP contribution in [0.5, 0.6) is 0 Å². The van der Waals surface area contributed by atoms with E-state index in [1.54, 1.807) is 36.4 Å². The van der Waals surface area contributed by atoms with Crippen molar-refractivity contribution in [2.45, 2.75) is 71.0 Å². The zero-order valence-electron chi connectivity index (χ0n) is 24.6. The van der Waals surface area contributed by atoms with Crippen LogP contribution in [0.2, 0.25) is 0 Å². The van der Waals surface area contributed by atoms with E-state index in [1.165, 1.54) is 11.0 Å². The lowest BCUT2D eigenvalue weighted by Gasteiger charge is -2.35. The molecule has 1 saturated carbocycles. The fourth-order valence-electron chi connectivity index (χ4n) is 5.40. The van der Waals surface area contributed by atoms with Gasteiger partial charge in [-0.05, 0) is 61.6 Å². The summed E-state index contributed by atoms with van der Waals surface area (Å²) < 4.78 is 41.9. The molecule has 1 aliphatic rings. The Hall–Kier alpha value is -3.72. The molecule has 1 N–H and O–H groups in total. The predicted molar refractivity (Wildman–Crippen MR) is 164 cm³/mol. The maximum absolute atomic E-state index is 14.9. The van der Waals surface area contributed by atoms with Crippen LogP contribution in [0.15, 0.2) is 72.8 Å². The van der Waals surface area contributed by atoms with Crippen LogP contribution in [-0.2, 0) is 32.6 Å². The van der Waals surface area contributed by atoms with Crippen molar-refractivity contribution in [3.63, 3.8) is 0 Å². The summed E-state index contributed by atoms with van der Waals surface area (Å²) in [5.74, 6) is -1.43. The van der Waals surface area contributed by atoms with Gasteiger partial charge < -0.3 is 10.2 Å². The van der Waals surface area contributed by atoms with E-state index in [9.17, 15) is 22.4 Å². The lowest BCUT2D eigenvalue weighted by molar-refractivity contribution is -0.140. The molecule has 1 fully saturated rings. The zero-order valence-corrected chi connectivity index (χ0v) is 25.4. The molecule has 0 spiro atoms. The van der Waals surface area contributed by atoms with Crippen molar-refractivity contribution in [3.05, 3.63) is 101 Å². The van der Waals surface area contributed by atoms with Gasteiger partial charge in [0, 0.05) is 24.6 Å². The van der Waals surface area contributed by atoms with Gasteiger partial charge in [0.2, 0.25) is 21.8 Å². The van der Waals surface area contributed by atoms with E-state index in [4.69, 9.17) is 0 Å². The van der Waals surface area contributed by atoms with Crippen molar-refractivity contribution >= 4 is 27.5 Å². The van der Waals surface area contributed by atoms with Gasteiger partial charge in [0.05, 0.1) is 11.9 Å². The van der Waals surface area contributed by atoms with Gasteiger partial charge in [-0.2, -0.15) is 0 Å². The van der Waals surface area contributed by atoms with Crippen LogP contribution in [-0.4, -0.2) is 50.0 Å². The highest BCUT2D eigenvalue weighted by Crippen LogP contribution is 2.24. The second-order valence-electron chi connectivity index (χ2n) is 11.2. The van der Waals surface area contributed by atoms with Crippen LogP contribution in [0.1, 0.15) is 54.4 Å². The largest absolute Gasteiger partial charge is 0.352 e. The number of nitrogens with one attached hydrogen (secondary N) is 1. The summed E-state index contributed by atoms with van der Waals surface area (Å²) in [5.41, 5.74) is 3.30. The van der Waals surface area contributed by atoms with Gasteiger partial charge in [-0.25, -0.2) is 12.8 Å². The minimum absolute atomic E-state index is 0.00186. The van der Waals surface area contributed by atoms with Crippen LogP contribution >= 0.6 is 0 Å². The number of rotatable bonds is 11. The molecule has 0 aromatic heterocycles. The lowest BCUT2D eigenvalue weighted by Crippen LogP contribution is -2.55. The number of nitrogens with zero attached hydrogens (tertiary/aromatic N) is 2. The van der Waals surface area contributed by atoms with E-state index in [0.29, 0.717) is 5.69 Å². The number of carbonyl (C=O) groups excluding carboxylic acids is 2. The van der Waals surface area contributed by atoms with Crippen molar-refractivity contribution in [1.82, 2.24) is 10.2 Å². The maximum atomic E-state index is 14.9. The second kappa shape index (κ2) is 14.0. The molecule has 9 heteroatoms. The molecule has 4 rings (SSSR count). The molecule has 224 valence electrons. The number of hydrogen-bond acceptors (Lipinski definition) is 4. The number of anilines is 1. The number of amides is 2. The summed E-state index contributed by atoms with van der Waals surface area (Å²) >= 11 is 0. The molecule has 0 radical (unpaired) electrons. The van der Waals surface area contributed by atoms with E-state index in [2.05, 4.69) is 5.32 Å². The van der Waals surface area contributed by atoms with Crippen molar-refractivity contribution in [1.29, 1.82) is 0 Å². The van der Waals surface area contributed by atoms with Crippen LogP contribution in [0.4, 0.5) is 10.1 Å². The monoisotopic (exact) mass is 593 g/mol. The average molecular weight is 594 g/mol. The Balaban J connectivity index is 1.74. The molecule has 1 unspecified atom stereocenters. The third kappa shape index (κ3) is 8.18. The molecule has 1 atom stereocenters. The van der Waals surface area contributed by atoms with Crippen LogP contribution < -0.4 is 9.62 Å². The molecule has 1 aliphatic carbocycles. The topological polar surface area (TPSA) is 86.8 Å². The maximum Gasteiger partial charge on any atom is 0.244 e. The number of halogens is 1. The number of carbonyl (C=O) groups is 2. The fourth-order valence-corrected chi connectivity index (χ4v) is 6.24. The Morgan fingerprint density at radius 3 is 2.24 bits per heavy atom. The highest BCUT2D eigenvalue weighted by Gasteiger charge is 2.34. The zero-order chi connectivity index (χ0) is 30.3. The number of hydrogen-bond donors (Lipinski definition) is 1. The highest BCUT2D eigenvalue weighted by molar-refractivity contribution is 7.92. The Morgan fingerprint density at radius 1 is 0.929 bits per heavy atom. The number of aryl methyl sites for hydroxylation is 2. The molecule has 0 bridgehead atoms. The molecular weight excluding hydrogens is 553 g/mol. The first-order valence-corrected chi connectivity index (χ1v) is 16.3. The Kier molecular flexibility index (Phi) is 10.4. The number of benzene rings is 3. The minimum atomic E-state index is -3.87. The second-order valence-corrected chi connectivity index (χ2v) is 13.1. The van der Waals surface area contributed by atoms with E-state index < -0.39 is 34.3 Å². The molecule has 0 saturated heterocycles. The molecule has 3 aromatic carbocycles. The first kappa shape index (κ1) is 31.2. The Bertz CT molecular complexity index is 1490. The first-order valence-electron chi connectivity index (χ1n) is 14.4. The summed E-state index contributed by atoms with van der Waals surface area (Å²) in [6.07, 6.45) is 6.13. The average Bonchev–Trinajstić information content (AvgIpc) is 2.96. The first-order chi connectivity index (χ1) is 20.0. The van der Waals surface area contributed by atoms with Gasteiger partial charge in [0.25, 0.3) is 0 Å². The summed E-state index contributed by atoms with van der Waals surface area (Å²) in [6, 6.07) is 19.7. The Labute approximate surface area is 248 Å². The summed E-state index contributed by atoms with van der Waals surface area (Å²) in [4.78, 5) is 29.5. The van der Waals surface area contributed by atoms with Gasteiger partial charge in [-0.3, -0.25) is 13.9 Å². The third-order valence-corrected chi connectivity index (χ3v) is 9.12. The summed E-state index contributed by atoms with van der Waals surface area (Å²) in [5, 5.41) is 3.15. The van der Waals surface area contributed by atoms with Crippen LogP contribution in [0.3, 0.4) is 0 Å². The quantitative estimate of drug-likeness (QED) is 0.327. The molecule has 0 aliphatic heterocycles. The predicted octanol–water partition coefficient (Wildman–Crippen LogP) is 5.30. The van der Waals surface area contributed by atoms with Gasteiger partial charge in [0.15, 0.2) is 0 Å². The SMILES string of the molecule is Cc1ccc(N(CC(=O)N(Cc2ccccc2F)C(Cc2ccccc2)C(=O)NC2CCCCC2)S(C)(=O)=O)cc1C. The normalized spacial score (nSPS) is 14.7. The van der Waals surface area contributed by atoms with Crippen molar-refractivity contribution < 1.29 is 22.4 Å². The third-order valence-electron chi connectivity index (χ3n) is 7.98. The molecule has 7 nitrogen and oxygen atoms in total. The summed E-state index contributed by atoms with van der Waals surface area (Å²) in [7, 11) is -3.87. The van der Waals surface area contributed by atoms with Crippen LogP contribution in [0, 0.1) is 19.7 Å². The van der Waals surface area contributed by atoms with E-state index in [1.807, 2.05) is 44.2 Å². The number of sulfonamides is 1. The fraction of sp³-hybridized carbons (Fsp3) is 0.394. The molecule has 3 aromatic rings. The molecular formula is C33H40FN3O4S. The van der Waals surface area contributed by atoms with Crippen molar-refractivity contribution in [3.8, 4) is 0 Å². The molecule has 0 heterocycles. The van der Waals surface area contributed by atoms with Crippen molar-refractivity contribution in [2.75, 3.05) is 17.1 Å². The minimum Gasteiger partial charge on any atom is -0.352 e. The van der Waals surface area contributed by atoms with E-state index in [0.717, 1.165) is 59.4 Å². The molecule has 42 heavy (non-hydrogen) atoms. The van der Waals surface area contributed by atoms with E-state index >= 15 is 0 Å². The van der Waals surface area contributed by atoms with E-state index in [-0.39, 0.29) is 30.5 Å².